The SMILES string of the molecule is CCCNCc1cccc(F)c1Oc1ccccc1Cl. The molecule has 0 saturated carbocycles. The molecule has 1 N–H and O–H groups in total. The third kappa shape index (κ3) is 3.71. The van der Waals surface area contributed by atoms with E-state index in [0.29, 0.717) is 17.3 Å². The van der Waals surface area contributed by atoms with E-state index in [1.54, 1.807) is 30.3 Å². The van der Waals surface area contributed by atoms with Gasteiger partial charge in [-0.15, -0.1) is 0 Å². The van der Waals surface area contributed by atoms with Crippen molar-refractivity contribution in [1.29, 1.82) is 0 Å². The number of para-hydroxylation sites is 2. The molecule has 2 aromatic rings. The van der Waals surface area contributed by atoms with Gasteiger partial charge in [-0.25, -0.2) is 4.39 Å². The van der Waals surface area contributed by atoms with E-state index in [-0.39, 0.29) is 11.6 Å². The molecule has 0 saturated heterocycles. The average Bonchev–Trinajstić information content (AvgIpc) is 2.44. The Morgan fingerprint density at radius 2 is 1.95 bits per heavy atom. The second-order valence-corrected chi connectivity index (χ2v) is 4.84. The first-order valence-corrected chi connectivity index (χ1v) is 7.00. The Bertz CT molecular complexity index is 574. The molecule has 2 nitrogen and oxygen atoms in total. The van der Waals surface area contributed by atoms with Gasteiger partial charge in [-0.2, -0.15) is 0 Å². The van der Waals surface area contributed by atoms with Crippen LogP contribution in [0.15, 0.2) is 42.5 Å². The molecule has 0 unspecified atom stereocenters. The number of hydrogen-bond donors (Lipinski definition) is 1. The van der Waals surface area contributed by atoms with E-state index in [2.05, 4.69) is 12.2 Å². The van der Waals surface area contributed by atoms with Crippen molar-refractivity contribution in [3.05, 3.63) is 58.9 Å². The van der Waals surface area contributed by atoms with Crippen LogP contribution in [0.25, 0.3) is 0 Å². The molecule has 0 aromatic heterocycles. The van der Waals surface area contributed by atoms with Gasteiger partial charge >= 0.3 is 0 Å². The van der Waals surface area contributed by atoms with E-state index in [9.17, 15) is 4.39 Å². The Kier molecular flexibility index (Phi) is 5.39. The fourth-order valence-corrected chi connectivity index (χ4v) is 2.02. The molecule has 0 heterocycles. The number of nitrogens with one attached hydrogen (secondary N) is 1. The maximum atomic E-state index is 14.0. The second-order valence-electron chi connectivity index (χ2n) is 4.44. The van der Waals surface area contributed by atoms with Crippen LogP contribution in [0.1, 0.15) is 18.9 Å². The van der Waals surface area contributed by atoms with E-state index in [1.807, 2.05) is 6.07 Å². The summed E-state index contributed by atoms with van der Waals surface area (Å²) in [5.41, 5.74) is 0.776. The van der Waals surface area contributed by atoms with E-state index >= 15 is 0 Å². The highest BCUT2D eigenvalue weighted by molar-refractivity contribution is 6.32. The first-order valence-electron chi connectivity index (χ1n) is 6.63. The first kappa shape index (κ1) is 14.8. The van der Waals surface area contributed by atoms with Crippen molar-refractivity contribution in [2.45, 2.75) is 19.9 Å². The smallest absolute Gasteiger partial charge is 0.167 e. The molecule has 0 aliphatic carbocycles. The molecule has 0 bridgehead atoms. The molecule has 0 atom stereocenters. The van der Waals surface area contributed by atoms with Gasteiger partial charge in [-0.3, -0.25) is 0 Å². The summed E-state index contributed by atoms with van der Waals surface area (Å²) in [5.74, 6) is 0.293. The third-order valence-electron chi connectivity index (χ3n) is 2.84. The predicted molar refractivity (Wildman–Crippen MR) is 79.9 cm³/mol. The van der Waals surface area contributed by atoms with Gasteiger partial charge in [0.15, 0.2) is 11.6 Å². The third-order valence-corrected chi connectivity index (χ3v) is 3.15. The Morgan fingerprint density at radius 3 is 2.70 bits per heavy atom. The van der Waals surface area contributed by atoms with Crippen molar-refractivity contribution in [3.63, 3.8) is 0 Å². The Morgan fingerprint density at radius 1 is 1.15 bits per heavy atom. The van der Waals surface area contributed by atoms with Crippen LogP contribution in [0.3, 0.4) is 0 Å². The molecule has 4 heteroatoms. The van der Waals surface area contributed by atoms with Crippen LogP contribution in [0, 0.1) is 5.82 Å². The monoisotopic (exact) mass is 293 g/mol. The van der Waals surface area contributed by atoms with Crippen molar-refractivity contribution in [2.24, 2.45) is 0 Å². The molecule has 0 spiro atoms. The molecule has 0 aliphatic rings. The summed E-state index contributed by atoms with van der Waals surface area (Å²) in [7, 11) is 0. The summed E-state index contributed by atoms with van der Waals surface area (Å²) in [6.07, 6.45) is 1.02. The summed E-state index contributed by atoms with van der Waals surface area (Å²) in [4.78, 5) is 0. The summed E-state index contributed by atoms with van der Waals surface area (Å²) >= 11 is 6.04. The van der Waals surface area contributed by atoms with Gasteiger partial charge in [0.25, 0.3) is 0 Å². The van der Waals surface area contributed by atoms with Gasteiger partial charge in [0, 0.05) is 12.1 Å². The maximum absolute atomic E-state index is 14.0. The fourth-order valence-electron chi connectivity index (χ4n) is 1.84. The first-order chi connectivity index (χ1) is 9.72. The van der Waals surface area contributed by atoms with Gasteiger partial charge in [0.2, 0.25) is 0 Å². The lowest BCUT2D eigenvalue weighted by Crippen LogP contribution is -2.14. The zero-order valence-corrected chi connectivity index (χ0v) is 12.1. The molecule has 2 aromatic carbocycles. The number of hydrogen-bond acceptors (Lipinski definition) is 2. The zero-order valence-electron chi connectivity index (χ0n) is 11.3. The van der Waals surface area contributed by atoms with E-state index in [1.165, 1.54) is 6.07 Å². The van der Waals surface area contributed by atoms with Crippen molar-refractivity contribution in [2.75, 3.05) is 6.54 Å². The molecule has 106 valence electrons. The predicted octanol–water partition coefficient (Wildman–Crippen LogP) is 4.77. The van der Waals surface area contributed by atoms with E-state index in [0.717, 1.165) is 18.5 Å². The number of halogens is 2. The molecular formula is C16H17ClFNO. The molecule has 0 fully saturated rings. The van der Waals surface area contributed by atoms with Crippen molar-refractivity contribution in [1.82, 2.24) is 5.32 Å². The number of rotatable bonds is 6. The summed E-state index contributed by atoms with van der Waals surface area (Å²) in [6, 6.07) is 12.0. The largest absolute Gasteiger partial charge is 0.452 e. The van der Waals surface area contributed by atoms with Crippen molar-refractivity contribution in [3.8, 4) is 11.5 Å². The van der Waals surface area contributed by atoms with Crippen LogP contribution in [-0.2, 0) is 6.54 Å². The molecule has 0 aliphatic heterocycles. The Hall–Kier alpha value is -1.58. The highest BCUT2D eigenvalue weighted by atomic mass is 35.5. The maximum Gasteiger partial charge on any atom is 0.167 e. The van der Waals surface area contributed by atoms with E-state index in [4.69, 9.17) is 16.3 Å². The quantitative estimate of drug-likeness (QED) is 0.775. The van der Waals surface area contributed by atoms with Gasteiger partial charge < -0.3 is 10.1 Å². The number of benzene rings is 2. The van der Waals surface area contributed by atoms with Gasteiger partial charge in [-0.1, -0.05) is 42.8 Å². The van der Waals surface area contributed by atoms with Crippen LogP contribution in [0.4, 0.5) is 4.39 Å². The lowest BCUT2D eigenvalue weighted by Gasteiger charge is -2.13. The van der Waals surface area contributed by atoms with Gasteiger partial charge in [0.1, 0.15) is 5.75 Å². The van der Waals surface area contributed by atoms with Crippen molar-refractivity contribution < 1.29 is 9.13 Å². The van der Waals surface area contributed by atoms with Crippen LogP contribution in [0.2, 0.25) is 5.02 Å². The minimum absolute atomic E-state index is 0.226. The normalized spacial score (nSPS) is 10.6. The highest BCUT2D eigenvalue weighted by Crippen LogP contribution is 2.32. The van der Waals surface area contributed by atoms with E-state index < -0.39 is 0 Å². The molecular weight excluding hydrogens is 277 g/mol. The average molecular weight is 294 g/mol. The highest BCUT2D eigenvalue weighted by Gasteiger charge is 2.12. The Balaban J connectivity index is 2.23. The molecule has 0 radical (unpaired) electrons. The lowest BCUT2D eigenvalue weighted by molar-refractivity contribution is 0.433. The zero-order chi connectivity index (χ0) is 14.4. The standard InChI is InChI=1S/C16H17ClFNO/c1-2-10-19-11-12-6-5-8-14(18)16(12)20-15-9-4-3-7-13(15)17/h3-9,19H,2,10-11H2,1H3. The Labute approximate surface area is 123 Å². The number of ether oxygens (including phenoxy) is 1. The van der Waals surface area contributed by atoms with Crippen LogP contribution >= 0.6 is 11.6 Å². The van der Waals surface area contributed by atoms with Crippen LogP contribution in [0.5, 0.6) is 11.5 Å². The summed E-state index contributed by atoms with van der Waals surface area (Å²) < 4.78 is 19.6. The fraction of sp³-hybridized carbons (Fsp3) is 0.250. The summed E-state index contributed by atoms with van der Waals surface area (Å²) in [6.45, 7) is 3.52. The minimum Gasteiger partial charge on any atom is -0.452 e. The molecule has 0 amide bonds. The summed E-state index contributed by atoms with van der Waals surface area (Å²) in [5, 5.41) is 3.70. The molecule has 2 rings (SSSR count). The van der Waals surface area contributed by atoms with Crippen molar-refractivity contribution >= 4 is 11.6 Å². The van der Waals surface area contributed by atoms with Crippen LogP contribution in [-0.4, -0.2) is 6.54 Å². The minimum atomic E-state index is -0.388. The second kappa shape index (κ2) is 7.27. The van der Waals surface area contributed by atoms with Gasteiger partial charge in [-0.05, 0) is 31.2 Å². The topological polar surface area (TPSA) is 21.3 Å². The van der Waals surface area contributed by atoms with Crippen LogP contribution < -0.4 is 10.1 Å². The molecule has 20 heavy (non-hydrogen) atoms. The van der Waals surface area contributed by atoms with Gasteiger partial charge in [0.05, 0.1) is 5.02 Å². The lowest BCUT2D eigenvalue weighted by atomic mass is 10.2.